The van der Waals surface area contributed by atoms with E-state index >= 15 is 0 Å². The van der Waals surface area contributed by atoms with Crippen LogP contribution in [0, 0.1) is 0 Å². The molecule has 0 aromatic heterocycles. The molecule has 0 saturated carbocycles. The number of hydrogen-bond donors (Lipinski definition) is 1. The highest BCUT2D eigenvalue weighted by atomic mass is 79.9. The summed E-state index contributed by atoms with van der Waals surface area (Å²) in [6.45, 7) is 5.99. The standard InChI is InChI=1S/C14H20BrNO2S/c1-3-18-10-4-9-16-14(17)11(2)19-13-7-5-12(15)6-8-13/h5-8,11H,3-4,9-10H2,1-2H3,(H,16,17). The molecule has 0 bridgehead atoms. The van der Waals surface area contributed by atoms with Crippen molar-refractivity contribution in [1.29, 1.82) is 0 Å². The monoisotopic (exact) mass is 345 g/mol. The van der Waals surface area contributed by atoms with E-state index in [1.165, 1.54) is 0 Å². The Hall–Kier alpha value is -0.520. The molecule has 1 aromatic carbocycles. The molecule has 19 heavy (non-hydrogen) atoms. The van der Waals surface area contributed by atoms with Gasteiger partial charge in [0.15, 0.2) is 0 Å². The maximum absolute atomic E-state index is 11.9. The maximum atomic E-state index is 11.9. The molecule has 0 aliphatic carbocycles. The smallest absolute Gasteiger partial charge is 0.233 e. The minimum Gasteiger partial charge on any atom is -0.382 e. The van der Waals surface area contributed by atoms with Crippen LogP contribution in [0.15, 0.2) is 33.6 Å². The third-order valence-corrected chi connectivity index (χ3v) is 4.11. The van der Waals surface area contributed by atoms with Crippen LogP contribution in [0.1, 0.15) is 20.3 Å². The molecule has 0 heterocycles. The molecule has 0 radical (unpaired) electrons. The second-order valence-corrected chi connectivity index (χ2v) is 6.39. The lowest BCUT2D eigenvalue weighted by Crippen LogP contribution is -2.32. The van der Waals surface area contributed by atoms with Crippen molar-refractivity contribution < 1.29 is 9.53 Å². The summed E-state index contributed by atoms with van der Waals surface area (Å²) in [5.74, 6) is 0.0735. The molecule has 5 heteroatoms. The number of thioether (sulfide) groups is 1. The van der Waals surface area contributed by atoms with Gasteiger partial charge in [-0.15, -0.1) is 11.8 Å². The van der Waals surface area contributed by atoms with Crippen LogP contribution in [0.3, 0.4) is 0 Å². The normalized spacial score (nSPS) is 12.2. The molecule has 1 aromatic rings. The van der Waals surface area contributed by atoms with Crippen LogP contribution in [-0.4, -0.2) is 30.9 Å². The van der Waals surface area contributed by atoms with Crippen LogP contribution in [0.2, 0.25) is 0 Å². The van der Waals surface area contributed by atoms with Crippen molar-refractivity contribution in [2.24, 2.45) is 0 Å². The topological polar surface area (TPSA) is 38.3 Å². The molecule has 3 nitrogen and oxygen atoms in total. The fourth-order valence-electron chi connectivity index (χ4n) is 1.44. The molecule has 0 aliphatic rings. The van der Waals surface area contributed by atoms with Crippen molar-refractivity contribution in [3.05, 3.63) is 28.7 Å². The molecular formula is C14H20BrNO2S. The summed E-state index contributed by atoms with van der Waals surface area (Å²) < 4.78 is 6.27. The molecule has 1 atom stereocenters. The average Bonchev–Trinajstić information content (AvgIpc) is 2.41. The van der Waals surface area contributed by atoms with Crippen LogP contribution in [-0.2, 0) is 9.53 Å². The predicted octanol–water partition coefficient (Wildman–Crippen LogP) is 3.47. The van der Waals surface area contributed by atoms with Gasteiger partial charge in [-0.05, 0) is 44.5 Å². The van der Waals surface area contributed by atoms with E-state index in [0.29, 0.717) is 13.2 Å². The van der Waals surface area contributed by atoms with Gasteiger partial charge in [-0.25, -0.2) is 0 Å². The largest absolute Gasteiger partial charge is 0.382 e. The summed E-state index contributed by atoms with van der Waals surface area (Å²) >= 11 is 4.96. The van der Waals surface area contributed by atoms with E-state index in [4.69, 9.17) is 4.74 Å². The Labute approximate surface area is 127 Å². The third kappa shape index (κ3) is 6.99. The van der Waals surface area contributed by atoms with Gasteiger partial charge in [0.05, 0.1) is 5.25 Å². The zero-order valence-electron chi connectivity index (χ0n) is 11.3. The minimum atomic E-state index is -0.0896. The summed E-state index contributed by atoms with van der Waals surface area (Å²) in [6.07, 6.45) is 0.856. The van der Waals surface area contributed by atoms with Crippen molar-refractivity contribution >= 4 is 33.6 Å². The van der Waals surface area contributed by atoms with Crippen molar-refractivity contribution in [2.45, 2.75) is 30.4 Å². The number of rotatable bonds is 8. The zero-order chi connectivity index (χ0) is 14.1. The first-order valence-corrected chi connectivity index (χ1v) is 8.08. The Morgan fingerprint density at radius 3 is 2.74 bits per heavy atom. The van der Waals surface area contributed by atoms with E-state index in [1.807, 2.05) is 38.1 Å². The molecule has 1 unspecified atom stereocenters. The van der Waals surface area contributed by atoms with Crippen LogP contribution in [0.4, 0.5) is 0 Å². The highest BCUT2D eigenvalue weighted by molar-refractivity contribution is 9.10. The van der Waals surface area contributed by atoms with Crippen molar-refractivity contribution in [3.63, 3.8) is 0 Å². The maximum Gasteiger partial charge on any atom is 0.233 e. The van der Waals surface area contributed by atoms with Gasteiger partial charge >= 0.3 is 0 Å². The summed E-state index contributed by atoms with van der Waals surface area (Å²) in [6, 6.07) is 7.98. The zero-order valence-corrected chi connectivity index (χ0v) is 13.7. The number of halogens is 1. The Balaban J connectivity index is 2.26. The minimum absolute atomic E-state index is 0.0735. The SMILES string of the molecule is CCOCCCNC(=O)C(C)Sc1ccc(Br)cc1. The Bertz CT molecular complexity index is 384. The number of ether oxygens (including phenoxy) is 1. The van der Waals surface area contributed by atoms with Gasteiger partial charge in [0.2, 0.25) is 5.91 Å². The first-order valence-electron chi connectivity index (χ1n) is 6.41. The summed E-state index contributed by atoms with van der Waals surface area (Å²) in [5, 5.41) is 2.83. The fraction of sp³-hybridized carbons (Fsp3) is 0.500. The van der Waals surface area contributed by atoms with Gasteiger partial charge < -0.3 is 10.1 Å². The highest BCUT2D eigenvalue weighted by Crippen LogP contribution is 2.24. The lowest BCUT2D eigenvalue weighted by atomic mass is 10.4. The van der Waals surface area contributed by atoms with Crippen LogP contribution < -0.4 is 5.32 Å². The number of hydrogen-bond acceptors (Lipinski definition) is 3. The van der Waals surface area contributed by atoms with Gasteiger partial charge in [-0.1, -0.05) is 15.9 Å². The Morgan fingerprint density at radius 1 is 1.42 bits per heavy atom. The van der Waals surface area contributed by atoms with E-state index in [9.17, 15) is 4.79 Å². The van der Waals surface area contributed by atoms with Gasteiger partial charge in [-0.3, -0.25) is 4.79 Å². The molecule has 1 amide bonds. The van der Waals surface area contributed by atoms with Gasteiger partial charge in [0.25, 0.3) is 0 Å². The lowest BCUT2D eigenvalue weighted by Gasteiger charge is -2.12. The summed E-state index contributed by atoms with van der Waals surface area (Å²) in [4.78, 5) is 13.0. The third-order valence-electron chi connectivity index (χ3n) is 2.46. The van der Waals surface area contributed by atoms with E-state index < -0.39 is 0 Å². The van der Waals surface area contributed by atoms with Gasteiger partial charge in [0, 0.05) is 29.1 Å². The quantitative estimate of drug-likeness (QED) is 0.579. The first kappa shape index (κ1) is 16.5. The second-order valence-electron chi connectivity index (χ2n) is 4.06. The molecule has 0 fully saturated rings. The summed E-state index contributed by atoms with van der Waals surface area (Å²) in [5.41, 5.74) is 0. The van der Waals surface area contributed by atoms with Crippen LogP contribution in [0.25, 0.3) is 0 Å². The van der Waals surface area contributed by atoms with Crippen LogP contribution >= 0.6 is 27.7 Å². The number of benzene rings is 1. The van der Waals surface area contributed by atoms with Crippen LogP contribution in [0.5, 0.6) is 0 Å². The van der Waals surface area contributed by atoms with Crippen molar-refractivity contribution in [3.8, 4) is 0 Å². The van der Waals surface area contributed by atoms with E-state index in [2.05, 4.69) is 21.2 Å². The van der Waals surface area contributed by atoms with Crippen molar-refractivity contribution in [2.75, 3.05) is 19.8 Å². The number of amides is 1. The molecule has 1 rings (SSSR count). The van der Waals surface area contributed by atoms with E-state index in [0.717, 1.165) is 22.4 Å². The molecule has 0 aliphatic heterocycles. The van der Waals surface area contributed by atoms with E-state index in [-0.39, 0.29) is 11.2 Å². The van der Waals surface area contributed by atoms with Gasteiger partial charge in [-0.2, -0.15) is 0 Å². The van der Waals surface area contributed by atoms with Crippen molar-refractivity contribution in [1.82, 2.24) is 5.32 Å². The Morgan fingerprint density at radius 2 is 2.11 bits per heavy atom. The second kappa shape index (κ2) is 9.39. The Kier molecular flexibility index (Phi) is 8.18. The number of nitrogens with one attached hydrogen (secondary N) is 1. The average molecular weight is 346 g/mol. The van der Waals surface area contributed by atoms with E-state index in [1.54, 1.807) is 11.8 Å². The molecule has 0 saturated heterocycles. The molecule has 1 N–H and O–H groups in total. The predicted molar refractivity (Wildman–Crippen MR) is 83.6 cm³/mol. The summed E-state index contributed by atoms with van der Waals surface area (Å²) in [7, 11) is 0. The molecular weight excluding hydrogens is 326 g/mol. The van der Waals surface area contributed by atoms with Gasteiger partial charge in [0.1, 0.15) is 0 Å². The fourth-order valence-corrected chi connectivity index (χ4v) is 2.60. The number of carbonyl (C=O) groups excluding carboxylic acids is 1. The molecule has 0 spiro atoms. The first-order chi connectivity index (χ1) is 9.13. The molecule has 106 valence electrons. The lowest BCUT2D eigenvalue weighted by molar-refractivity contribution is -0.120. The highest BCUT2D eigenvalue weighted by Gasteiger charge is 2.13. The number of carbonyl (C=O) groups is 1.